The van der Waals surface area contributed by atoms with E-state index in [1.807, 2.05) is 6.92 Å². The smallest absolute Gasteiger partial charge is 0.342 e. The Hall–Kier alpha value is -2.15. The molecule has 2 rings (SSSR count). The molecular formula is C15H16F3N3O. The van der Waals surface area contributed by atoms with Gasteiger partial charge in [-0.3, -0.25) is 0 Å². The number of rotatable bonds is 5. The number of benzene rings is 1. The summed E-state index contributed by atoms with van der Waals surface area (Å²) in [6.07, 6.45) is -1.84. The fourth-order valence-electron chi connectivity index (χ4n) is 2.07. The van der Waals surface area contributed by atoms with Crippen molar-refractivity contribution in [1.29, 1.82) is 0 Å². The molecule has 3 N–H and O–H groups in total. The number of nitrogens with zero attached hydrogens (tertiary/aromatic N) is 1. The Balaban J connectivity index is 2.19. The summed E-state index contributed by atoms with van der Waals surface area (Å²) in [6, 6.07) is 4.46. The molecule has 118 valence electrons. The zero-order valence-corrected chi connectivity index (χ0v) is 11.9. The van der Waals surface area contributed by atoms with Crippen LogP contribution in [-0.4, -0.2) is 22.3 Å². The average molecular weight is 311 g/mol. The Morgan fingerprint density at radius 3 is 2.50 bits per heavy atom. The number of halogens is 3. The molecule has 0 saturated heterocycles. The van der Waals surface area contributed by atoms with Crippen molar-refractivity contribution in [3.05, 3.63) is 41.9 Å². The first kappa shape index (κ1) is 16.2. The summed E-state index contributed by atoms with van der Waals surface area (Å²) in [5, 5.41) is 0. The molecule has 4 nitrogen and oxygen atoms in total. The summed E-state index contributed by atoms with van der Waals surface area (Å²) in [6.45, 7) is 1.84. The van der Waals surface area contributed by atoms with Gasteiger partial charge in [-0.2, -0.15) is 13.2 Å². The van der Waals surface area contributed by atoms with Crippen molar-refractivity contribution in [3.8, 4) is 11.3 Å². The number of carbonyl (C=O) groups is 1. The van der Waals surface area contributed by atoms with Gasteiger partial charge in [0.25, 0.3) is 0 Å². The zero-order valence-electron chi connectivity index (χ0n) is 11.9. The number of aromatic amines is 1. The van der Waals surface area contributed by atoms with E-state index in [-0.39, 0.29) is 18.4 Å². The third kappa shape index (κ3) is 3.54. The topological polar surface area (TPSA) is 71.8 Å². The lowest BCUT2D eigenvalue weighted by Crippen LogP contribution is -2.27. The Bertz CT molecular complexity index is 634. The average Bonchev–Trinajstić information content (AvgIpc) is 2.95. The summed E-state index contributed by atoms with van der Waals surface area (Å²) in [7, 11) is 0. The number of hydrogen-bond donors (Lipinski definition) is 2. The van der Waals surface area contributed by atoms with Crippen molar-refractivity contribution in [2.75, 3.05) is 0 Å². The summed E-state index contributed by atoms with van der Waals surface area (Å²) in [5.74, 6) is 0.442. The van der Waals surface area contributed by atoms with Gasteiger partial charge in [0.1, 0.15) is 12.1 Å². The lowest BCUT2D eigenvalue weighted by molar-refractivity contribution is -0.137. The third-order valence-corrected chi connectivity index (χ3v) is 3.56. The molecule has 0 spiro atoms. The molecule has 0 bridgehead atoms. The van der Waals surface area contributed by atoms with Crippen molar-refractivity contribution < 1.29 is 18.0 Å². The fourth-order valence-corrected chi connectivity index (χ4v) is 2.07. The zero-order chi connectivity index (χ0) is 16.3. The summed E-state index contributed by atoms with van der Waals surface area (Å²) < 4.78 is 37.6. The van der Waals surface area contributed by atoms with Crippen molar-refractivity contribution in [3.63, 3.8) is 0 Å². The number of aldehydes is 1. The van der Waals surface area contributed by atoms with Gasteiger partial charge in [-0.25, -0.2) is 4.98 Å². The Labute approximate surface area is 125 Å². The van der Waals surface area contributed by atoms with E-state index < -0.39 is 11.7 Å². The van der Waals surface area contributed by atoms with Crippen LogP contribution < -0.4 is 5.73 Å². The van der Waals surface area contributed by atoms with Crippen LogP contribution >= 0.6 is 0 Å². The first-order valence-electron chi connectivity index (χ1n) is 6.74. The van der Waals surface area contributed by atoms with Gasteiger partial charge in [-0.15, -0.1) is 0 Å². The van der Waals surface area contributed by atoms with Crippen molar-refractivity contribution in [2.45, 2.75) is 31.5 Å². The van der Waals surface area contributed by atoms with Gasteiger partial charge in [-0.05, 0) is 17.7 Å². The highest BCUT2D eigenvalue weighted by molar-refractivity contribution is 5.59. The minimum absolute atomic E-state index is 0.159. The van der Waals surface area contributed by atoms with E-state index >= 15 is 0 Å². The lowest BCUT2D eigenvalue weighted by atomic mass is 10.00. The number of imidazole rings is 1. The number of hydrogen-bond acceptors (Lipinski definition) is 3. The van der Waals surface area contributed by atoms with Crippen LogP contribution in [0, 0.1) is 0 Å². The minimum Gasteiger partial charge on any atom is -0.342 e. The molecule has 0 aliphatic carbocycles. The van der Waals surface area contributed by atoms with Crippen LogP contribution in [0.4, 0.5) is 13.2 Å². The standard InChI is InChI=1S/C15H16F3N3O/c1-9(12(19)6-7-22)14-20-8-13(21-14)10-2-4-11(5-3-10)15(16,17)18/h2-5,7-9,12H,6,19H2,1H3,(H,20,21). The maximum Gasteiger partial charge on any atom is 0.416 e. The van der Waals surface area contributed by atoms with E-state index in [4.69, 9.17) is 5.73 Å². The molecule has 1 aromatic carbocycles. The fraction of sp³-hybridized carbons (Fsp3) is 0.333. The van der Waals surface area contributed by atoms with Crippen LogP contribution in [0.2, 0.25) is 0 Å². The normalized spacial score (nSPS) is 14.6. The monoisotopic (exact) mass is 311 g/mol. The molecule has 22 heavy (non-hydrogen) atoms. The van der Waals surface area contributed by atoms with E-state index in [0.717, 1.165) is 18.4 Å². The van der Waals surface area contributed by atoms with Gasteiger partial charge < -0.3 is 15.5 Å². The van der Waals surface area contributed by atoms with Gasteiger partial charge in [0.15, 0.2) is 0 Å². The highest BCUT2D eigenvalue weighted by atomic mass is 19.4. The molecule has 0 fully saturated rings. The van der Waals surface area contributed by atoms with Gasteiger partial charge in [-0.1, -0.05) is 19.1 Å². The predicted molar refractivity (Wildman–Crippen MR) is 76.1 cm³/mol. The lowest BCUT2D eigenvalue weighted by Gasteiger charge is -2.14. The molecule has 0 saturated carbocycles. The van der Waals surface area contributed by atoms with Crippen LogP contribution in [0.15, 0.2) is 30.5 Å². The van der Waals surface area contributed by atoms with E-state index in [0.29, 0.717) is 17.1 Å². The van der Waals surface area contributed by atoms with Crippen LogP contribution in [0.1, 0.15) is 30.7 Å². The molecule has 1 aromatic heterocycles. The molecule has 2 aromatic rings. The van der Waals surface area contributed by atoms with Gasteiger partial charge >= 0.3 is 6.18 Å². The second-order valence-electron chi connectivity index (χ2n) is 5.11. The van der Waals surface area contributed by atoms with E-state index in [1.165, 1.54) is 12.1 Å². The van der Waals surface area contributed by atoms with Crippen LogP contribution in [-0.2, 0) is 11.0 Å². The van der Waals surface area contributed by atoms with E-state index in [9.17, 15) is 18.0 Å². The highest BCUT2D eigenvalue weighted by Gasteiger charge is 2.30. The molecule has 2 atom stereocenters. The molecule has 0 aliphatic rings. The molecular weight excluding hydrogens is 295 g/mol. The number of H-pyrrole nitrogens is 1. The van der Waals surface area contributed by atoms with E-state index in [1.54, 1.807) is 6.20 Å². The maximum atomic E-state index is 12.5. The summed E-state index contributed by atoms with van der Waals surface area (Å²) >= 11 is 0. The van der Waals surface area contributed by atoms with Crippen molar-refractivity contribution in [1.82, 2.24) is 9.97 Å². The SMILES string of the molecule is CC(c1ncc(-c2ccc(C(F)(F)F)cc2)[nH]1)C(N)CC=O. The number of nitrogens with two attached hydrogens (primary N) is 1. The maximum absolute atomic E-state index is 12.5. The van der Waals surface area contributed by atoms with Gasteiger partial charge in [0.05, 0.1) is 17.5 Å². The predicted octanol–water partition coefficient (Wildman–Crippen LogP) is 3.12. The minimum atomic E-state index is -4.35. The summed E-state index contributed by atoms with van der Waals surface area (Å²) in [5.41, 5.74) is 6.37. The highest BCUT2D eigenvalue weighted by Crippen LogP contribution is 2.31. The van der Waals surface area contributed by atoms with Gasteiger partial charge in [0, 0.05) is 18.4 Å². The molecule has 0 aliphatic heterocycles. The molecule has 0 amide bonds. The van der Waals surface area contributed by atoms with Crippen molar-refractivity contribution >= 4 is 6.29 Å². The van der Waals surface area contributed by atoms with Gasteiger partial charge in [0.2, 0.25) is 0 Å². The first-order chi connectivity index (χ1) is 10.3. The summed E-state index contributed by atoms with van der Waals surface area (Å²) in [4.78, 5) is 17.7. The van der Waals surface area contributed by atoms with Crippen LogP contribution in [0.3, 0.4) is 0 Å². The van der Waals surface area contributed by atoms with E-state index in [2.05, 4.69) is 9.97 Å². The second-order valence-corrected chi connectivity index (χ2v) is 5.11. The number of carbonyl (C=O) groups excluding carboxylic acids is 1. The Morgan fingerprint density at radius 2 is 1.95 bits per heavy atom. The number of nitrogens with one attached hydrogen (secondary N) is 1. The quantitative estimate of drug-likeness (QED) is 0.833. The molecule has 2 unspecified atom stereocenters. The van der Waals surface area contributed by atoms with Crippen LogP contribution in [0.5, 0.6) is 0 Å². The number of aromatic nitrogens is 2. The van der Waals surface area contributed by atoms with Crippen molar-refractivity contribution in [2.24, 2.45) is 5.73 Å². The Kier molecular flexibility index (Phi) is 4.65. The number of alkyl halides is 3. The molecule has 1 heterocycles. The first-order valence-corrected chi connectivity index (χ1v) is 6.74. The Morgan fingerprint density at radius 1 is 1.32 bits per heavy atom. The molecule has 0 radical (unpaired) electrons. The van der Waals surface area contributed by atoms with Crippen LogP contribution in [0.25, 0.3) is 11.3 Å². The third-order valence-electron chi connectivity index (χ3n) is 3.56. The molecule has 7 heteroatoms. The second kappa shape index (κ2) is 6.31. The largest absolute Gasteiger partial charge is 0.416 e.